The molecule has 0 amide bonds. The standard InChI is InChI=1S/C16H33/c1-5-7-9-10-11-12-13-15-16(3,4)14-8-6-2/h15H,5-14H2,1-4H3. The van der Waals surface area contributed by atoms with E-state index in [1.807, 2.05) is 0 Å². The first-order valence-electron chi connectivity index (χ1n) is 7.46. The number of hydrogen-bond donors (Lipinski definition) is 0. The van der Waals surface area contributed by atoms with Gasteiger partial charge in [-0.15, -0.1) is 0 Å². The van der Waals surface area contributed by atoms with Crippen molar-refractivity contribution in [1.29, 1.82) is 0 Å². The Bertz CT molecular complexity index is 135. The van der Waals surface area contributed by atoms with E-state index in [9.17, 15) is 0 Å². The normalized spacial score (nSPS) is 12.0. The van der Waals surface area contributed by atoms with Crippen LogP contribution in [-0.4, -0.2) is 0 Å². The molecular weight excluding hydrogens is 192 g/mol. The summed E-state index contributed by atoms with van der Waals surface area (Å²) >= 11 is 0. The molecule has 0 heteroatoms. The highest BCUT2D eigenvalue weighted by atomic mass is 14.2. The lowest BCUT2D eigenvalue weighted by Gasteiger charge is -2.23. The number of unbranched alkanes of at least 4 members (excludes halogenated alkanes) is 7. The minimum Gasteiger partial charge on any atom is -0.0654 e. The molecule has 16 heavy (non-hydrogen) atoms. The lowest BCUT2D eigenvalue weighted by Crippen LogP contribution is -2.11. The van der Waals surface area contributed by atoms with Gasteiger partial charge in [0.15, 0.2) is 0 Å². The van der Waals surface area contributed by atoms with E-state index in [4.69, 9.17) is 0 Å². The molecule has 0 spiro atoms. The van der Waals surface area contributed by atoms with Gasteiger partial charge in [0.05, 0.1) is 0 Å². The van der Waals surface area contributed by atoms with Crippen LogP contribution in [0.4, 0.5) is 0 Å². The van der Waals surface area contributed by atoms with Gasteiger partial charge in [-0.05, 0) is 24.7 Å². The molecule has 0 aliphatic carbocycles. The molecule has 97 valence electrons. The topological polar surface area (TPSA) is 0 Å². The Morgan fingerprint density at radius 3 is 1.94 bits per heavy atom. The second kappa shape index (κ2) is 10.2. The van der Waals surface area contributed by atoms with Crippen LogP contribution in [0.5, 0.6) is 0 Å². The molecule has 0 rings (SSSR count). The van der Waals surface area contributed by atoms with Crippen LogP contribution in [-0.2, 0) is 0 Å². The molecule has 0 atom stereocenters. The molecular formula is C16H33. The SMILES string of the molecule is CCCCCCCC[CH]C(C)(C)CCCC. The Morgan fingerprint density at radius 2 is 1.31 bits per heavy atom. The summed E-state index contributed by atoms with van der Waals surface area (Å²) < 4.78 is 0. The van der Waals surface area contributed by atoms with Crippen LogP contribution in [0.25, 0.3) is 0 Å². The fourth-order valence-electron chi connectivity index (χ4n) is 2.15. The minimum absolute atomic E-state index is 0.472. The Morgan fingerprint density at radius 1 is 0.750 bits per heavy atom. The smallest absolute Gasteiger partial charge is 0.0323 e. The summed E-state index contributed by atoms with van der Waals surface area (Å²) in [6, 6.07) is 0. The molecule has 0 fully saturated rings. The zero-order valence-corrected chi connectivity index (χ0v) is 12.1. The molecule has 0 N–H and O–H groups in total. The first kappa shape index (κ1) is 16.0. The maximum atomic E-state index is 2.56. The highest BCUT2D eigenvalue weighted by molar-refractivity contribution is 4.84. The predicted molar refractivity (Wildman–Crippen MR) is 75.6 cm³/mol. The van der Waals surface area contributed by atoms with Gasteiger partial charge >= 0.3 is 0 Å². The van der Waals surface area contributed by atoms with Gasteiger partial charge in [0.25, 0.3) is 0 Å². The van der Waals surface area contributed by atoms with Crippen LogP contribution in [0, 0.1) is 11.8 Å². The van der Waals surface area contributed by atoms with Crippen molar-refractivity contribution in [3.05, 3.63) is 6.42 Å². The van der Waals surface area contributed by atoms with E-state index >= 15 is 0 Å². The fourth-order valence-corrected chi connectivity index (χ4v) is 2.15. The third-order valence-electron chi connectivity index (χ3n) is 3.43. The van der Waals surface area contributed by atoms with Gasteiger partial charge in [0, 0.05) is 0 Å². The van der Waals surface area contributed by atoms with E-state index in [2.05, 4.69) is 34.1 Å². The van der Waals surface area contributed by atoms with Gasteiger partial charge in [0.1, 0.15) is 0 Å². The first-order chi connectivity index (χ1) is 7.62. The average Bonchev–Trinajstić information content (AvgIpc) is 2.25. The molecule has 0 heterocycles. The summed E-state index contributed by atoms with van der Waals surface area (Å²) in [5, 5.41) is 0. The molecule has 0 saturated carbocycles. The summed E-state index contributed by atoms with van der Waals surface area (Å²) in [7, 11) is 0. The monoisotopic (exact) mass is 225 g/mol. The summed E-state index contributed by atoms with van der Waals surface area (Å²) in [6.45, 7) is 9.34. The van der Waals surface area contributed by atoms with Crippen LogP contribution in [0.3, 0.4) is 0 Å². The fraction of sp³-hybridized carbons (Fsp3) is 0.938. The first-order valence-corrected chi connectivity index (χ1v) is 7.46. The van der Waals surface area contributed by atoms with Crippen molar-refractivity contribution in [1.82, 2.24) is 0 Å². The van der Waals surface area contributed by atoms with Crippen LogP contribution < -0.4 is 0 Å². The number of rotatable bonds is 11. The Kier molecular flexibility index (Phi) is 10.2. The van der Waals surface area contributed by atoms with Gasteiger partial charge in [-0.25, -0.2) is 0 Å². The molecule has 0 saturated heterocycles. The molecule has 0 aromatic carbocycles. The van der Waals surface area contributed by atoms with Crippen molar-refractivity contribution in [3.8, 4) is 0 Å². The minimum atomic E-state index is 0.472. The van der Waals surface area contributed by atoms with Crippen LogP contribution in [0.1, 0.15) is 91.9 Å². The molecule has 0 aromatic rings. The molecule has 0 unspecified atom stereocenters. The molecule has 0 aromatic heterocycles. The third kappa shape index (κ3) is 10.5. The van der Waals surface area contributed by atoms with Crippen molar-refractivity contribution >= 4 is 0 Å². The average molecular weight is 225 g/mol. The lowest BCUT2D eigenvalue weighted by molar-refractivity contribution is 0.368. The van der Waals surface area contributed by atoms with Gasteiger partial charge in [-0.3, -0.25) is 0 Å². The van der Waals surface area contributed by atoms with E-state index in [1.54, 1.807) is 0 Å². The Labute approximate surface area is 104 Å². The zero-order chi connectivity index (χ0) is 12.3. The van der Waals surface area contributed by atoms with Crippen LogP contribution >= 0.6 is 0 Å². The van der Waals surface area contributed by atoms with Crippen molar-refractivity contribution < 1.29 is 0 Å². The summed E-state index contributed by atoms with van der Waals surface area (Å²) in [4.78, 5) is 0. The van der Waals surface area contributed by atoms with Crippen molar-refractivity contribution in [2.24, 2.45) is 5.41 Å². The molecule has 0 nitrogen and oxygen atoms in total. The molecule has 0 aliphatic heterocycles. The summed E-state index contributed by atoms with van der Waals surface area (Å²) in [5.74, 6) is 0. The van der Waals surface area contributed by atoms with Crippen molar-refractivity contribution in [3.63, 3.8) is 0 Å². The predicted octanol–water partition coefficient (Wildman–Crippen LogP) is 6.16. The van der Waals surface area contributed by atoms with Crippen molar-refractivity contribution in [2.45, 2.75) is 91.9 Å². The Hall–Kier alpha value is 0. The third-order valence-corrected chi connectivity index (χ3v) is 3.43. The molecule has 0 bridgehead atoms. The number of hydrogen-bond acceptors (Lipinski definition) is 0. The van der Waals surface area contributed by atoms with Gasteiger partial charge < -0.3 is 0 Å². The maximum absolute atomic E-state index is 2.56. The van der Waals surface area contributed by atoms with E-state index < -0.39 is 0 Å². The maximum Gasteiger partial charge on any atom is -0.0323 e. The van der Waals surface area contributed by atoms with Gasteiger partial charge in [-0.2, -0.15) is 0 Å². The molecule has 0 aliphatic rings. The molecule has 1 radical (unpaired) electrons. The summed E-state index contributed by atoms with van der Waals surface area (Å²) in [6.07, 6.45) is 16.4. The van der Waals surface area contributed by atoms with E-state index in [0.29, 0.717) is 5.41 Å². The highest BCUT2D eigenvalue weighted by Gasteiger charge is 2.16. The largest absolute Gasteiger partial charge is 0.0654 e. The highest BCUT2D eigenvalue weighted by Crippen LogP contribution is 2.28. The van der Waals surface area contributed by atoms with Crippen molar-refractivity contribution in [2.75, 3.05) is 0 Å². The van der Waals surface area contributed by atoms with Crippen LogP contribution in [0.2, 0.25) is 0 Å². The second-order valence-corrected chi connectivity index (χ2v) is 5.85. The Balaban J connectivity index is 3.29. The van der Waals surface area contributed by atoms with Gasteiger partial charge in [0.2, 0.25) is 0 Å². The quantitative estimate of drug-likeness (QED) is 0.369. The van der Waals surface area contributed by atoms with E-state index in [1.165, 1.54) is 64.2 Å². The lowest BCUT2D eigenvalue weighted by atomic mass is 9.82. The van der Waals surface area contributed by atoms with E-state index in [-0.39, 0.29) is 0 Å². The zero-order valence-electron chi connectivity index (χ0n) is 12.1. The van der Waals surface area contributed by atoms with Gasteiger partial charge in [-0.1, -0.05) is 79.1 Å². The summed E-state index contributed by atoms with van der Waals surface area (Å²) in [5.41, 5.74) is 0.472. The van der Waals surface area contributed by atoms with E-state index in [0.717, 1.165) is 0 Å². The second-order valence-electron chi connectivity index (χ2n) is 5.85. The van der Waals surface area contributed by atoms with Crippen LogP contribution in [0.15, 0.2) is 0 Å².